The molecule has 3 aromatic heterocycles. The first kappa shape index (κ1) is 33.0. The van der Waals surface area contributed by atoms with Gasteiger partial charge in [-0.3, -0.25) is 9.69 Å². The highest BCUT2D eigenvalue weighted by atomic mass is 19.4. The highest BCUT2D eigenvalue weighted by Gasteiger charge is 2.36. The van der Waals surface area contributed by atoms with Crippen molar-refractivity contribution in [2.75, 3.05) is 23.9 Å². The number of alkyl halides is 3. The molecule has 0 unspecified atom stereocenters. The number of ether oxygens (including phenoxy) is 2. The number of methoxy groups -OCH3 is 1. The van der Waals surface area contributed by atoms with Crippen LogP contribution in [0.15, 0.2) is 64.6 Å². The third kappa shape index (κ3) is 8.38. The van der Waals surface area contributed by atoms with Gasteiger partial charge in [-0.1, -0.05) is 5.11 Å². The summed E-state index contributed by atoms with van der Waals surface area (Å²) in [5, 5.41) is 10.5. The number of halogens is 3. The zero-order valence-electron chi connectivity index (χ0n) is 24.8. The van der Waals surface area contributed by atoms with Gasteiger partial charge in [0.05, 0.1) is 42.5 Å². The SMILES string of the molecule is COC(=O)c1ccc(-n2cc(NC(=O)c3coc(-c4ccnc(N(CC(F)(F)F)C(=O)OC(C)(C)C)c4)n3)c(CN=[N+]=[N-])n2)cc1. The van der Waals surface area contributed by atoms with Crippen LogP contribution in [0.4, 0.5) is 29.5 Å². The molecule has 15 nitrogen and oxygen atoms in total. The van der Waals surface area contributed by atoms with Crippen molar-refractivity contribution in [3.8, 4) is 17.1 Å². The molecule has 4 aromatic rings. The van der Waals surface area contributed by atoms with Crippen molar-refractivity contribution < 1.29 is 41.4 Å². The fraction of sp³-hybridized carbons (Fsp3) is 0.286. The van der Waals surface area contributed by atoms with Crippen LogP contribution in [-0.4, -0.2) is 63.2 Å². The third-order valence-corrected chi connectivity index (χ3v) is 5.83. The molecule has 1 N–H and O–H groups in total. The summed E-state index contributed by atoms with van der Waals surface area (Å²) < 4.78 is 56.6. The van der Waals surface area contributed by atoms with Crippen molar-refractivity contribution in [2.24, 2.45) is 5.11 Å². The summed E-state index contributed by atoms with van der Waals surface area (Å²) in [4.78, 5) is 48.5. The van der Waals surface area contributed by atoms with E-state index in [1.807, 2.05) is 0 Å². The van der Waals surface area contributed by atoms with Crippen molar-refractivity contribution in [1.29, 1.82) is 0 Å². The second-order valence-corrected chi connectivity index (χ2v) is 10.4. The number of rotatable bonds is 9. The normalized spacial score (nSPS) is 11.4. The highest BCUT2D eigenvalue weighted by molar-refractivity contribution is 6.03. The maximum Gasteiger partial charge on any atom is 0.416 e. The van der Waals surface area contributed by atoms with Gasteiger partial charge in [0.2, 0.25) is 5.89 Å². The summed E-state index contributed by atoms with van der Waals surface area (Å²) in [5.74, 6) is -1.82. The van der Waals surface area contributed by atoms with E-state index in [2.05, 4.69) is 30.4 Å². The number of esters is 1. The van der Waals surface area contributed by atoms with Crippen molar-refractivity contribution in [3.05, 3.63) is 82.4 Å². The van der Waals surface area contributed by atoms with Gasteiger partial charge in [-0.15, -0.1) is 0 Å². The molecule has 0 saturated carbocycles. The topological polar surface area (TPSA) is 190 Å². The number of hydrogen-bond donors (Lipinski definition) is 1. The summed E-state index contributed by atoms with van der Waals surface area (Å²) in [7, 11) is 1.26. The summed E-state index contributed by atoms with van der Waals surface area (Å²) >= 11 is 0. The molecule has 1 aromatic carbocycles. The standard InChI is InChI=1S/C28H26F3N9O6/c1-27(2,3)46-26(43)39(15-28(29,30)31)22-11-17(9-10-33-22)24-36-21(14-45-24)23(41)35-20-13-40(37-19(20)12-34-38-32)18-7-5-16(6-8-18)25(42)44-4/h5-11,13-14H,12,15H2,1-4H3,(H,35,41). The second-order valence-electron chi connectivity index (χ2n) is 10.4. The predicted molar refractivity (Wildman–Crippen MR) is 155 cm³/mol. The van der Waals surface area contributed by atoms with Crippen molar-refractivity contribution in [1.82, 2.24) is 19.7 Å². The number of aromatic nitrogens is 4. The fourth-order valence-electron chi connectivity index (χ4n) is 3.86. The van der Waals surface area contributed by atoms with Crippen LogP contribution in [0.3, 0.4) is 0 Å². The molecule has 0 bridgehead atoms. The summed E-state index contributed by atoms with van der Waals surface area (Å²) in [6, 6.07) is 8.72. The summed E-state index contributed by atoms with van der Waals surface area (Å²) in [5.41, 5.74) is 8.82. The lowest BCUT2D eigenvalue weighted by molar-refractivity contribution is -0.119. The average Bonchev–Trinajstić information content (AvgIpc) is 3.65. The van der Waals surface area contributed by atoms with Crippen molar-refractivity contribution in [2.45, 2.75) is 39.1 Å². The molecule has 46 heavy (non-hydrogen) atoms. The predicted octanol–water partition coefficient (Wildman–Crippen LogP) is 6.08. The van der Waals surface area contributed by atoms with Crippen LogP contribution in [-0.2, 0) is 16.0 Å². The van der Waals surface area contributed by atoms with Crippen LogP contribution < -0.4 is 10.2 Å². The minimum atomic E-state index is -4.76. The van der Waals surface area contributed by atoms with E-state index in [1.54, 1.807) is 12.1 Å². The first-order valence-corrected chi connectivity index (χ1v) is 13.3. The quantitative estimate of drug-likeness (QED) is 0.0977. The maximum atomic E-state index is 13.3. The summed E-state index contributed by atoms with van der Waals surface area (Å²) in [6.45, 7) is 2.64. The number of nitrogens with zero attached hydrogens (tertiary/aromatic N) is 8. The molecule has 0 atom stereocenters. The largest absolute Gasteiger partial charge is 0.465 e. The number of benzene rings is 1. The number of carbonyl (C=O) groups excluding carboxylic acids is 3. The number of amides is 2. The van der Waals surface area contributed by atoms with E-state index in [0.717, 1.165) is 18.5 Å². The fourth-order valence-corrected chi connectivity index (χ4v) is 3.86. The number of oxazole rings is 1. The maximum absolute atomic E-state index is 13.3. The Hall–Kier alpha value is -5.90. The van der Waals surface area contributed by atoms with Gasteiger partial charge in [0, 0.05) is 16.7 Å². The monoisotopic (exact) mass is 641 g/mol. The Morgan fingerprint density at radius 2 is 1.87 bits per heavy atom. The zero-order valence-corrected chi connectivity index (χ0v) is 24.8. The lowest BCUT2D eigenvalue weighted by atomic mass is 10.2. The number of anilines is 2. The van der Waals surface area contributed by atoms with E-state index in [-0.39, 0.29) is 40.9 Å². The molecule has 3 heterocycles. The van der Waals surface area contributed by atoms with Gasteiger partial charge in [0.15, 0.2) is 5.69 Å². The lowest BCUT2D eigenvalue weighted by Crippen LogP contribution is -2.42. The number of carbonyl (C=O) groups is 3. The Morgan fingerprint density at radius 3 is 2.50 bits per heavy atom. The first-order chi connectivity index (χ1) is 21.7. The van der Waals surface area contributed by atoms with Gasteiger partial charge in [-0.25, -0.2) is 24.2 Å². The van der Waals surface area contributed by atoms with E-state index in [1.165, 1.54) is 57.0 Å². The smallest absolute Gasteiger partial charge is 0.416 e. The number of nitrogens with one attached hydrogen (secondary N) is 1. The molecule has 240 valence electrons. The molecular formula is C28H26F3N9O6. The highest BCUT2D eigenvalue weighted by Crippen LogP contribution is 2.28. The Balaban J connectivity index is 1.58. The molecule has 4 rings (SSSR count). The second kappa shape index (κ2) is 13.4. The Morgan fingerprint density at radius 1 is 1.15 bits per heavy atom. The van der Waals surface area contributed by atoms with Gasteiger partial charge in [-0.05, 0) is 62.7 Å². The van der Waals surface area contributed by atoms with Crippen molar-refractivity contribution in [3.63, 3.8) is 0 Å². The summed E-state index contributed by atoms with van der Waals surface area (Å²) in [6.07, 6.45) is -2.40. The Kier molecular flexibility index (Phi) is 9.61. The Bertz CT molecular complexity index is 1790. The number of hydrogen-bond acceptors (Lipinski definition) is 10. The third-order valence-electron chi connectivity index (χ3n) is 5.83. The Labute approximate surface area is 258 Å². The van der Waals surface area contributed by atoms with Gasteiger partial charge in [0.1, 0.15) is 24.2 Å². The molecule has 0 aliphatic carbocycles. The van der Waals surface area contributed by atoms with E-state index in [4.69, 9.17) is 19.4 Å². The van der Waals surface area contributed by atoms with E-state index in [9.17, 15) is 27.6 Å². The van der Waals surface area contributed by atoms with Crippen LogP contribution >= 0.6 is 0 Å². The lowest BCUT2D eigenvalue weighted by Gasteiger charge is -2.27. The van der Waals surface area contributed by atoms with Crippen LogP contribution in [0.2, 0.25) is 0 Å². The molecule has 0 saturated heterocycles. The van der Waals surface area contributed by atoms with Gasteiger partial charge in [0.25, 0.3) is 5.91 Å². The number of azide groups is 1. The van der Waals surface area contributed by atoms with E-state index < -0.39 is 36.3 Å². The molecule has 0 aliphatic heterocycles. The molecule has 0 aliphatic rings. The molecule has 0 spiro atoms. The molecule has 0 fully saturated rings. The van der Waals surface area contributed by atoms with E-state index >= 15 is 0 Å². The van der Waals surface area contributed by atoms with Crippen molar-refractivity contribution >= 4 is 29.5 Å². The average molecular weight is 642 g/mol. The zero-order chi connectivity index (χ0) is 33.6. The molecule has 0 radical (unpaired) electrons. The first-order valence-electron chi connectivity index (χ1n) is 13.3. The van der Waals surface area contributed by atoms with Crippen LogP contribution in [0.1, 0.15) is 47.3 Å². The van der Waals surface area contributed by atoms with Crippen LogP contribution in [0.25, 0.3) is 27.6 Å². The van der Waals surface area contributed by atoms with Gasteiger partial charge in [-0.2, -0.15) is 18.3 Å². The number of pyridine rings is 1. The van der Waals surface area contributed by atoms with Crippen LogP contribution in [0, 0.1) is 0 Å². The van der Waals surface area contributed by atoms with E-state index in [0.29, 0.717) is 16.2 Å². The van der Waals surface area contributed by atoms with Gasteiger partial charge < -0.3 is 19.2 Å². The molecule has 2 amide bonds. The molecular weight excluding hydrogens is 615 g/mol. The minimum Gasteiger partial charge on any atom is -0.465 e. The van der Waals surface area contributed by atoms with Gasteiger partial charge >= 0.3 is 18.2 Å². The van der Waals surface area contributed by atoms with Crippen LogP contribution in [0.5, 0.6) is 0 Å². The minimum absolute atomic E-state index is 0.118. The molecule has 18 heteroatoms.